The van der Waals surface area contributed by atoms with Crippen LogP contribution in [0.25, 0.3) is 5.69 Å². The second-order valence-corrected chi connectivity index (χ2v) is 6.01. The summed E-state index contributed by atoms with van der Waals surface area (Å²) in [5, 5.41) is 20.1. The minimum atomic E-state index is -1.07. The number of carboxylic acid groups (broad SMARTS) is 1. The van der Waals surface area contributed by atoms with Crippen LogP contribution in [0, 0.1) is 6.92 Å². The van der Waals surface area contributed by atoms with E-state index in [1.54, 1.807) is 30.8 Å². The molecule has 0 bridgehead atoms. The van der Waals surface area contributed by atoms with Gasteiger partial charge in [-0.05, 0) is 49.7 Å². The summed E-state index contributed by atoms with van der Waals surface area (Å²) in [4.78, 5) is 23.6. The number of nitrogens with one attached hydrogen (secondary N) is 1. The molecule has 1 amide bonds. The maximum atomic E-state index is 12.5. The monoisotopic (exact) mass is 350 g/mol. The summed E-state index contributed by atoms with van der Waals surface area (Å²) in [6, 6.07) is 13.7. The topological polar surface area (TPSA) is 97.1 Å². The standard InChI is InChI=1S/C19H18N4O3/c1-12-8-14(10-15(9-12)19(25)26)18(24)20-13(2)17-11-23(22-21-17)16-6-4-3-5-7-16/h3-11,13H,1-2H3,(H,20,24)(H,25,26). The van der Waals surface area contributed by atoms with E-state index in [1.165, 1.54) is 12.1 Å². The molecule has 3 rings (SSSR count). The molecule has 0 aliphatic carbocycles. The summed E-state index contributed by atoms with van der Waals surface area (Å²) >= 11 is 0. The number of aryl methyl sites for hydroxylation is 1. The number of nitrogens with zero attached hydrogens (tertiary/aromatic N) is 3. The minimum absolute atomic E-state index is 0.0813. The third kappa shape index (κ3) is 3.77. The van der Waals surface area contributed by atoms with Gasteiger partial charge in [-0.15, -0.1) is 5.10 Å². The van der Waals surface area contributed by atoms with E-state index in [4.69, 9.17) is 5.11 Å². The Hall–Kier alpha value is -3.48. The molecule has 2 aromatic carbocycles. The van der Waals surface area contributed by atoms with Crippen LogP contribution < -0.4 is 5.32 Å². The van der Waals surface area contributed by atoms with Gasteiger partial charge in [0.1, 0.15) is 5.69 Å². The number of amides is 1. The summed E-state index contributed by atoms with van der Waals surface area (Å²) in [6.07, 6.45) is 1.75. The molecule has 0 aliphatic heterocycles. The molecule has 7 heteroatoms. The van der Waals surface area contributed by atoms with E-state index in [-0.39, 0.29) is 17.5 Å². The Morgan fingerprint density at radius 2 is 1.81 bits per heavy atom. The fourth-order valence-electron chi connectivity index (χ4n) is 2.57. The number of hydrogen-bond donors (Lipinski definition) is 2. The molecule has 0 radical (unpaired) electrons. The molecule has 0 saturated carbocycles. The Morgan fingerprint density at radius 1 is 1.12 bits per heavy atom. The average molecular weight is 350 g/mol. The third-order valence-electron chi connectivity index (χ3n) is 3.91. The van der Waals surface area contributed by atoms with E-state index < -0.39 is 5.97 Å². The van der Waals surface area contributed by atoms with Gasteiger partial charge in [0.15, 0.2) is 0 Å². The van der Waals surface area contributed by atoms with Crippen molar-refractivity contribution in [2.24, 2.45) is 0 Å². The van der Waals surface area contributed by atoms with Crippen LogP contribution in [0.15, 0.2) is 54.7 Å². The summed E-state index contributed by atoms with van der Waals surface area (Å²) in [5.74, 6) is -1.43. The lowest BCUT2D eigenvalue weighted by Gasteiger charge is -2.12. The quantitative estimate of drug-likeness (QED) is 0.737. The predicted octanol–water partition coefficient (Wildman–Crippen LogP) is 2.76. The number of para-hydroxylation sites is 1. The van der Waals surface area contributed by atoms with Crippen molar-refractivity contribution in [3.63, 3.8) is 0 Å². The number of rotatable bonds is 5. The van der Waals surface area contributed by atoms with Crippen LogP contribution in [0.5, 0.6) is 0 Å². The van der Waals surface area contributed by atoms with E-state index in [0.29, 0.717) is 16.8 Å². The van der Waals surface area contributed by atoms with Gasteiger partial charge in [0.25, 0.3) is 5.91 Å². The Bertz CT molecular complexity index is 950. The van der Waals surface area contributed by atoms with E-state index >= 15 is 0 Å². The van der Waals surface area contributed by atoms with Crippen LogP contribution >= 0.6 is 0 Å². The van der Waals surface area contributed by atoms with Gasteiger partial charge in [-0.25, -0.2) is 9.48 Å². The first kappa shape index (κ1) is 17.3. The minimum Gasteiger partial charge on any atom is -0.478 e. The molecule has 132 valence electrons. The lowest BCUT2D eigenvalue weighted by Crippen LogP contribution is -2.27. The Kier molecular flexibility index (Phi) is 4.79. The molecule has 0 saturated heterocycles. The molecule has 7 nitrogen and oxygen atoms in total. The van der Waals surface area contributed by atoms with E-state index in [9.17, 15) is 9.59 Å². The maximum absolute atomic E-state index is 12.5. The van der Waals surface area contributed by atoms with Crippen molar-refractivity contribution in [3.8, 4) is 5.69 Å². The number of aromatic nitrogens is 3. The second kappa shape index (κ2) is 7.18. The molecule has 0 fully saturated rings. The molecule has 0 spiro atoms. The summed E-state index contributed by atoms with van der Waals surface area (Å²) in [7, 11) is 0. The average Bonchev–Trinajstić information content (AvgIpc) is 3.12. The lowest BCUT2D eigenvalue weighted by atomic mass is 10.1. The normalized spacial score (nSPS) is 11.8. The van der Waals surface area contributed by atoms with Crippen LogP contribution in [-0.4, -0.2) is 32.0 Å². The summed E-state index contributed by atoms with van der Waals surface area (Å²) < 4.78 is 1.63. The predicted molar refractivity (Wildman–Crippen MR) is 95.4 cm³/mol. The highest BCUT2D eigenvalue weighted by atomic mass is 16.4. The number of carbonyl (C=O) groups is 2. The van der Waals surface area contributed by atoms with Gasteiger partial charge in [0, 0.05) is 5.56 Å². The van der Waals surface area contributed by atoms with E-state index in [1.807, 2.05) is 30.3 Å². The van der Waals surface area contributed by atoms with Crippen LogP contribution in [0.3, 0.4) is 0 Å². The number of benzene rings is 2. The van der Waals surface area contributed by atoms with Crippen molar-refractivity contribution in [1.29, 1.82) is 0 Å². The molecule has 1 heterocycles. The zero-order valence-corrected chi connectivity index (χ0v) is 14.4. The van der Waals surface area contributed by atoms with Crippen LogP contribution in [-0.2, 0) is 0 Å². The smallest absolute Gasteiger partial charge is 0.335 e. The molecule has 1 unspecified atom stereocenters. The van der Waals surface area contributed by atoms with Gasteiger partial charge >= 0.3 is 5.97 Å². The van der Waals surface area contributed by atoms with Crippen molar-refractivity contribution in [2.45, 2.75) is 19.9 Å². The third-order valence-corrected chi connectivity index (χ3v) is 3.91. The number of hydrogen-bond acceptors (Lipinski definition) is 4. The highest BCUT2D eigenvalue weighted by Crippen LogP contribution is 2.14. The molecule has 2 N–H and O–H groups in total. The first-order chi connectivity index (χ1) is 12.4. The van der Waals surface area contributed by atoms with Crippen molar-refractivity contribution < 1.29 is 14.7 Å². The molecule has 1 aromatic heterocycles. The largest absolute Gasteiger partial charge is 0.478 e. The van der Waals surface area contributed by atoms with Gasteiger partial charge < -0.3 is 10.4 Å². The number of carbonyl (C=O) groups excluding carboxylic acids is 1. The van der Waals surface area contributed by atoms with Crippen molar-refractivity contribution in [1.82, 2.24) is 20.3 Å². The zero-order valence-electron chi connectivity index (χ0n) is 14.4. The zero-order chi connectivity index (χ0) is 18.7. The van der Waals surface area contributed by atoms with Gasteiger partial charge in [0.05, 0.1) is 23.5 Å². The molecular weight excluding hydrogens is 332 g/mol. The Balaban J connectivity index is 1.76. The fourth-order valence-corrected chi connectivity index (χ4v) is 2.57. The lowest BCUT2D eigenvalue weighted by molar-refractivity contribution is 0.0696. The molecule has 3 aromatic rings. The second-order valence-electron chi connectivity index (χ2n) is 6.01. The van der Waals surface area contributed by atoms with Gasteiger partial charge in [-0.2, -0.15) is 0 Å². The Labute approximate surface area is 150 Å². The fraction of sp³-hybridized carbons (Fsp3) is 0.158. The SMILES string of the molecule is Cc1cc(C(=O)O)cc(C(=O)NC(C)c2cn(-c3ccccc3)nn2)c1. The van der Waals surface area contributed by atoms with Crippen LogP contribution in [0.1, 0.15) is 44.9 Å². The van der Waals surface area contributed by atoms with Crippen molar-refractivity contribution in [2.75, 3.05) is 0 Å². The summed E-state index contributed by atoms with van der Waals surface area (Å²) in [5.41, 5.74) is 2.56. The van der Waals surface area contributed by atoms with Gasteiger partial charge in [-0.1, -0.05) is 23.4 Å². The highest BCUT2D eigenvalue weighted by Gasteiger charge is 2.16. The van der Waals surface area contributed by atoms with Crippen LogP contribution in [0.2, 0.25) is 0 Å². The van der Waals surface area contributed by atoms with Crippen molar-refractivity contribution in [3.05, 3.63) is 77.1 Å². The first-order valence-corrected chi connectivity index (χ1v) is 8.07. The summed E-state index contributed by atoms with van der Waals surface area (Å²) in [6.45, 7) is 3.54. The Morgan fingerprint density at radius 3 is 2.50 bits per heavy atom. The number of aromatic carboxylic acids is 1. The molecule has 26 heavy (non-hydrogen) atoms. The molecular formula is C19H18N4O3. The maximum Gasteiger partial charge on any atom is 0.335 e. The molecule has 0 aliphatic rings. The first-order valence-electron chi connectivity index (χ1n) is 8.07. The van der Waals surface area contributed by atoms with E-state index in [2.05, 4.69) is 15.6 Å². The highest BCUT2D eigenvalue weighted by molar-refractivity contribution is 5.98. The molecule has 1 atom stereocenters. The van der Waals surface area contributed by atoms with Gasteiger partial charge in [-0.3, -0.25) is 4.79 Å². The number of carboxylic acids is 1. The van der Waals surface area contributed by atoms with Crippen molar-refractivity contribution >= 4 is 11.9 Å². The van der Waals surface area contributed by atoms with Crippen LogP contribution in [0.4, 0.5) is 0 Å². The van der Waals surface area contributed by atoms with E-state index in [0.717, 1.165) is 5.69 Å². The van der Waals surface area contributed by atoms with Gasteiger partial charge in [0.2, 0.25) is 0 Å².